The molecule has 1 aliphatic rings. The summed E-state index contributed by atoms with van der Waals surface area (Å²) in [6, 6.07) is 1.77. The maximum Gasteiger partial charge on any atom is 0.424 e. The smallest absolute Gasteiger partial charge is 0.424 e. The average Bonchev–Trinajstić information content (AvgIpc) is 2.77. The highest BCUT2D eigenvalue weighted by atomic mass is 28.4. The molecule has 0 spiro atoms. The van der Waals surface area contributed by atoms with E-state index in [1.807, 2.05) is 20.8 Å². The van der Waals surface area contributed by atoms with Gasteiger partial charge in [-0.3, -0.25) is 9.78 Å². The number of rotatable bonds is 6. The van der Waals surface area contributed by atoms with Crippen molar-refractivity contribution in [3.8, 4) is 0 Å². The van der Waals surface area contributed by atoms with Gasteiger partial charge in [0.05, 0.1) is 24.4 Å². The summed E-state index contributed by atoms with van der Waals surface area (Å²) in [5.74, 6) is -0.484. The van der Waals surface area contributed by atoms with E-state index in [9.17, 15) is 14.4 Å². The van der Waals surface area contributed by atoms with Crippen molar-refractivity contribution in [2.24, 2.45) is 11.8 Å². The second-order valence-electron chi connectivity index (χ2n) is 16.4. The first-order chi connectivity index (χ1) is 19.7. The van der Waals surface area contributed by atoms with Gasteiger partial charge in [0, 0.05) is 25.2 Å². The predicted molar refractivity (Wildman–Crippen MR) is 177 cm³/mol. The van der Waals surface area contributed by atoms with Crippen molar-refractivity contribution < 1.29 is 33.0 Å². The highest BCUT2D eigenvalue weighted by molar-refractivity contribution is 6.74. The third-order valence-electron chi connectivity index (χ3n) is 7.59. The molecule has 1 aromatic heterocycles. The zero-order valence-electron chi connectivity index (χ0n) is 29.8. The molecule has 0 bridgehead atoms. The third kappa shape index (κ3) is 10.7. The Balaban J connectivity index is 2.59. The van der Waals surface area contributed by atoms with Crippen LogP contribution in [0.25, 0.3) is 0 Å². The number of hydrogen-bond acceptors (Lipinski definition) is 9. The Morgan fingerprint density at radius 2 is 1.36 bits per heavy atom. The predicted octanol–water partition coefficient (Wildman–Crippen LogP) is 7.95. The van der Waals surface area contributed by atoms with Crippen molar-refractivity contribution in [3.63, 3.8) is 0 Å². The Morgan fingerprint density at radius 1 is 0.864 bits per heavy atom. The Hall–Kier alpha value is -2.66. The number of piperidine rings is 1. The van der Waals surface area contributed by atoms with Gasteiger partial charge in [-0.1, -0.05) is 27.7 Å². The fraction of sp³-hybridized carbons (Fsp3) is 0.758. The molecular formula is C33H57N3O7Si. The van der Waals surface area contributed by atoms with E-state index in [-0.39, 0.29) is 41.1 Å². The number of amides is 2. The highest BCUT2D eigenvalue weighted by Gasteiger charge is 2.46. The number of nitrogens with zero attached hydrogens (tertiary/aromatic N) is 3. The van der Waals surface area contributed by atoms with Crippen molar-refractivity contribution in [1.29, 1.82) is 0 Å². The van der Waals surface area contributed by atoms with Crippen molar-refractivity contribution in [3.05, 3.63) is 18.5 Å². The lowest BCUT2D eigenvalue weighted by Crippen LogP contribution is -2.56. The summed E-state index contributed by atoms with van der Waals surface area (Å²) in [5.41, 5.74) is -1.49. The number of aromatic nitrogens is 1. The fourth-order valence-electron chi connectivity index (χ4n) is 4.79. The first kappa shape index (κ1) is 37.5. The Kier molecular flexibility index (Phi) is 11.4. The van der Waals surface area contributed by atoms with Crippen molar-refractivity contribution in [2.45, 2.75) is 137 Å². The fourth-order valence-corrected chi connectivity index (χ4v) is 6.25. The van der Waals surface area contributed by atoms with E-state index in [0.717, 1.165) is 4.90 Å². The molecule has 1 aliphatic heterocycles. The van der Waals surface area contributed by atoms with E-state index < -0.39 is 37.3 Å². The van der Waals surface area contributed by atoms with Crippen LogP contribution in [0.2, 0.25) is 18.1 Å². The molecule has 0 N–H and O–H groups in total. The second-order valence-corrected chi connectivity index (χ2v) is 21.2. The Morgan fingerprint density at radius 3 is 1.82 bits per heavy atom. The average molecular weight is 636 g/mol. The van der Waals surface area contributed by atoms with Crippen LogP contribution in [-0.4, -0.2) is 67.5 Å². The topological polar surface area (TPSA) is 108 Å². The van der Waals surface area contributed by atoms with Crippen LogP contribution in [0.5, 0.6) is 0 Å². The number of carbonyl (C=O) groups excluding carboxylic acids is 3. The van der Waals surface area contributed by atoms with Gasteiger partial charge in [-0.15, -0.1) is 0 Å². The zero-order valence-corrected chi connectivity index (χ0v) is 30.8. The molecular weight excluding hydrogens is 578 g/mol. The standard InChI is InChI=1S/C33H57N3O7Si/c1-22-20-35(21-23(18-26(37)40-30(2,3)4)27(22)43-44(14,15)33(11,12)13)24-16-17-34-19-25(24)36(28(38)41-31(5,6)7)29(39)42-32(8,9)10/h16-17,19,22-23,27H,18,20-21H2,1-15H3/t22-,23+,27+/m0/s1. The Bertz CT molecular complexity index is 1150. The number of anilines is 2. The molecule has 2 amide bonds. The summed E-state index contributed by atoms with van der Waals surface area (Å²) in [4.78, 5) is 47.5. The molecule has 1 saturated heterocycles. The van der Waals surface area contributed by atoms with Gasteiger partial charge in [0.25, 0.3) is 0 Å². The van der Waals surface area contributed by atoms with Gasteiger partial charge in [-0.2, -0.15) is 4.90 Å². The van der Waals surface area contributed by atoms with Crippen LogP contribution < -0.4 is 9.80 Å². The van der Waals surface area contributed by atoms with Crippen LogP contribution in [0.15, 0.2) is 18.5 Å². The minimum Gasteiger partial charge on any atom is -0.460 e. The molecule has 44 heavy (non-hydrogen) atoms. The van der Waals surface area contributed by atoms with Crippen LogP contribution in [0, 0.1) is 11.8 Å². The van der Waals surface area contributed by atoms with Crippen LogP contribution in [0.1, 0.15) is 96.4 Å². The summed E-state index contributed by atoms with van der Waals surface area (Å²) >= 11 is 0. The van der Waals surface area contributed by atoms with Crippen molar-refractivity contribution >= 4 is 37.8 Å². The lowest BCUT2D eigenvalue weighted by atomic mass is 9.84. The van der Waals surface area contributed by atoms with Gasteiger partial charge >= 0.3 is 18.2 Å². The Labute approximate surface area is 266 Å². The normalized spacial score (nSPS) is 20.2. The van der Waals surface area contributed by atoms with E-state index in [1.54, 1.807) is 53.8 Å². The van der Waals surface area contributed by atoms with Crippen molar-refractivity contribution in [1.82, 2.24) is 4.98 Å². The van der Waals surface area contributed by atoms with Gasteiger partial charge in [0.15, 0.2) is 8.32 Å². The summed E-state index contributed by atoms with van der Waals surface area (Å²) in [6.45, 7) is 30.1. The highest BCUT2D eigenvalue weighted by Crippen LogP contribution is 2.42. The lowest BCUT2D eigenvalue weighted by Gasteiger charge is -2.48. The second kappa shape index (κ2) is 13.4. The van der Waals surface area contributed by atoms with Crippen LogP contribution in [0.4, 0.5) is 21.0 Å². The summed E-state index contributed by atoms with van der Waals surface area (Å²) in [6.07, 6.45) is 1.34. The van der Waals surface area contributed by atoms with Crippen LogP contribution >= 0.6 is 0 Å². The van der Waals surface area contributed by atoms with E-state index in [2.05, 4.69) is 50.7 Å². The monoisotopic (exact) mass is 635 g/mol. The molecule has 2 heterocycles. The van der Waals surface area contributed by atoms with Gasteiger partial charge in [0.1, 0.15) is 22.5 Å². The van der Waals surface area contributed by atoms with Crippen LogP contribution in [0.3, 0.4) is 0 Å². The van der Waals surface area contributed by atoms with E-state index >= 15 is 0 Å². The van der Waals surface area contributed by atoms with Gasteiger partial charge in [-0.25, -0.2) is 9.59 Å². The summed E-state index contributed by atoms with van der Waals surface area (Å²) in [5, 5.41) is -0.0140. The lowest BCUT2D eigenvalue weighted by molar-refractivity contribution is -0.157. The summed E-state index contributed by atoms with van der Waals surface area (Å²) < 4.78 is 24.0. The SMILES string of the molecule is C[C@H]1CN(c2ccncc2N(C(=O)OC(C)(C)C)C(=O)OC(C)(C)C)C[C@@H](CC(=O)OC(C)(C)C)[C@@H]1O[Si](C)(C)C(C)(C)C. The number of hydrogen-bond donors (Lipinski definition) is 0. The molecule has 250 valence electrons. The quantitative estimate of drug-likeness (QED) is 0.175. The van der Waals surface area contributed by atoms with Gasteiger partial charge < -0.3 is 23.5 Å². The molecule has 0 radical (unpaired) electrons. The molecule has 1 fully saturated rings. The molecule has 0 aromatic carbocycles. The largest absolute Gasteiger partial charge is 0.460 e. The first-order valence-corrected chi connectivity index (χ1v) is 18.5. The molecule has 0 saturated carbocycles. The number of imide groups is 1. The molecule has 2 rings (SSSR count). The molecule has 3 atom stereocenters. The van der Waals surface area contributed by atoms with Crippen LogP contribution in [-0.2, 0) is 23.4 Å². The number of carbonyl (C=O) groups is 3. The molecule has 11 heteroatoms. The zero-order chi connectivity index (χ0) is 34.1. The number of esters is 1. The minimum atomic E-state index is -2.19. The minimum absolute atomic E-state index is 0.0140. The molecule has 0 unspecified atom stereocenters. The maximum atomic E-state index is 13.5. The molecule has 1 aromatic rings. The van der Waals surface area contributed by atoms with E-state index in [4.69, 9.17) is 18.6 Å². The van der Waals surface area contributed by atoms with E-state index in [1.165, 1.54) is 6.20 Å². The van der Waals surface area contributed by atoms with Gasteiger partial charge in [0.2, 0.25) is 0 Å². The van der Waals surface area contributed by atoms with E-state index in [0.29, 0.717) is 18.8 Å². The molecule has 10 nitrogen and oxygen atoms in total. The maximum absolute atomic E-state index is 13.5. The number of ether oxygens (including phenoxy) is 3. The summed E-state index contributed by atoms with van der Waals surface area (Å²) in [7, 11) is -2.19. The van der Waals surface area contributed by atoms with Gasteiger partial charge in [-0.05, 0) is 92.4 Å². The third-order valence-corrected chi connectivity index (χ3v) is 12.1. The number of pyridine rings is 1. The first-order valence-electron chi connectivity index (χ1n) is 15.6. The van der Waals surface area contributed by atoms with Crippen molar-refractivity contribution in [2.75, 3.05) is 22.9 Å². The molecule has 0 aliphatic carbocycles.